The zero-order valence-electron chi connectivity index (χ0n) is 10.4. The first-order valence-electron chi connectivity index (χ1n) is 5.64. The Balaban J connectivity index is 2.15. The van der Waals surface area contributed by atoms with E-state index in [4.69, 9.17) is 0 Å². The van der Waals surface area contributed by atoms with E-state index in [1.54, 1.807) is 0 Å². The lowest BCUT2D eigenvalue weighted by molar-refractivity contribution is -0.137. The second-order valence-corrected chi connectivity index (χ2v) is 6.73. The summed E-state index contributed by atoms with van der Waals surface area (Å²) in [7, 11) is -5.77. The van der Waals surface area contributed by atoms with Crippen molar-refractivity contribution in [3.05, 3.63) is 27.9 Å². The first-order chi connectivity index (χ1) is 9.90. The van der Waals surface area contributed by atoms with Gasteiger partial charge in [-0.3, -0.25) is 0 Å². The highest BCUT2D eigenvalue weighted by atomic mass is 32.2. The minimum Gasteiger partial charge on any atom is -0.381 e. The van der Waals surface area contributed by atoms with Crippen LogP contribution in [-0.2, 0) is 20.5 Å². The number of thiazole rings is 1. The molecule has 4 nitrogen and oxygen atoms in total. The summed E-state index contributed by atoms with van der Waals surface area (Å²) in [5.41, 5.74) is -5.55. The molecule has 1 aromatic heterocycles. The van der Waals surface area contributed by atoms with Crippen LogP contribution >= 0.6 is 11.3 Å². The molecule has 0 aliphatic heterocycles. The van der Waals surface area contributed by atoms with Gasteiger partial charge in [-0.2, -0.15) is 34.8 Å². The maximum Gasteiger partial charge on any atom is 0.534 e. The molecule has 0 spiro atoms. The number of allylic oxidation sites excluding steroid dienone is 2. The molecule has 0 N–H and O–H groups in total. The molecule has 22 heavy (non-hydrogen) atoms. The van der Waals surface area contributed by atoms with Crippen LogP contribution in [0, 0.1) is 0 Å². The van der Waals surface area contributed by atoms with E-state index < -0.39 is 38.5 Å². The van der Waals surface area contributed by atoms with Crippen LogP contribution < -0.4 is 0 Å². The molecule has 1 heterocycles. The van der Waals surface area contributed by atoms with Crippen LogP contribution in [0.15, 0.2) is 17.2 Å². The predicted molar refractivity (Wildman–Crippen MR) is 63.2 cm³/mol. The van der Waals surface area contributed by atoms with Crippen molar-refractivity contribution in [3.63, 3.8) is 0 Å². The van der Waals surface area contributed by atoms with Crippen molar-refractivity contribution in [1.29, 1.82) is 0 Å². The van der Waals surface area contributed by atoms with Crippen LogP contribution in [0.2, 0.25) is 0 Å². The Labute approximate surface area is 124 Å². The van der Waals surface area contributed by atoms with Gasteiger partial charge < -0.3 is 4.18 Å². The standard InChI is InChI=1S/C10H7F6NO3S2/c11-9(12,13)8-17-7(4-21-8)5-1-2-6(3-5)20-22(18,19)10(14,15)16/h3-5H,1-2H2. The molecule has 12 heteroatoms. The van der Waals surface area contributed by atoms with Crippen molar-refractivity contribution in [3.8, 4) is 0 Å². The molecule has 1 atom stereocenters. The summed E-state index contributed by atoms with van der Waals surface area (Å²) in [6, 6.07) is 0. The Hall–Kier alpha value is -1.30. The highest BCUT2D eigenvalue weighted by Gasteiger charge is 2.49. The highest BCUT2D eigenvalue weighted by Crippen LogP contribution is 2.39. The second kappa shape index (κ2) is 5.41. The van der Waals surface area contributed by atoms with Crippen molar-refractivity contribution in [1.82, 2.24) is 4.98 Å². The van der Waals surface area contributed by atoms with E-state index >= 15 is 0 Å². The third kappa shape index (κ3) is 3.54. The predicted octanol–water partition coefficient (Wildman–Crippen LogP) is 3.79. The molecule has 0 aromatic carbocycles. The topological polar surface area (TPSA) is 56.3 Å². The summed E-state index contributed by atoms with van der Waals surface area (Å²) >= 11 is 0.358. The van der Waals surface area contributed by atoms with E-state index in [-0.39, 0.29) is 18.5 Å². The average molecular weight is 367 g/mol. The van der Waals surface area contributed by atoms with Gasteiger partial charge in [0.15, 0.2) is 5.01 Å². The number of nitrogens with zero attached hydrogens (tertiary/aromatic N) is 1. The van der Waals surface area contributed by atoms with E-state index in [9.17, 15) is 34.8 Å². The Morgan fingerprint density at radius 3 is 2.36 bits per heavy atom. The van der Waals surface area contributed by atoms with Gasteiger partial charge in [0.2, 0.25) is 0 Å². The fraction of sp³-hybridized carbons (Fsp3) is 0.500. The average Bonchev–Trinajstić information content (AvgIpc) is 2.92. The maximum atomic E-state index is 12.4. The third-order valence-corrected chi connectivity index (χ3v) is 4.64. The number of halogens is 6. The van der Waals surface area contributed by atoms with E-state index in [0.717, 1.165) is 11.5 Å². The SMILES string of the molecule is O=S(=O)(OC1=CC(c2csc(C(F)(F)F)n2)CC1)C(F)(F)F. The van der Waals surface area contributed by atoms with Gasteiger partial charge in [-0.05, 0) is 12.5 Å². The minimum atomic E-state index is -5.77. The first kappa shape index (κ1) is 17.1. The van der Waals surface area contributed by atoms with Crippen molar-refractivity contribution < 1.29 is 38.9 Å². The Morgan fingerprint density at radius 1 is 1.23 bits per heavy atom. The lowest BCUT2D eigenvalue weighted by Gasteiger charge is -2.09. The Morgan fingerprint density at radius 2 is 1.86 bits per heavy atom. The molecular weight excluding hydrogens is 360 g/mol. The molecule has 0 radical (unpaired) electrons. The van der Waals surface area contributed by atoms with Crippen LogP contribution in [-0.4, -0.2) is 18.9 Å². The zero-order chi connectivity index (χ0) is 16.8. The van der Waals surface area contributed by atoms with Gasteiger partial charge in [0.25, 0.3) is 0 Å². The van der Waals surface area contributed by atoms with Gasteiger partial charge in [-0.15, -0.1) is 11.3 Å². The maximum absolute atomic E-state index is 12.4. The van der Waals surface area contributed by atoms with Crippen LogP contribution in [0.1, 0.15) is 29.5 Å². The molecule has 1 unspecified atom stereocenters. The molecule has 124 valence electrons. The van der Waals surface area contributed by atoms with Crippen LogP contribution in [0.4, 0.5) is 26.3 Å². The molecule has 1 aliphatic rings. The number of hydrogen-bond donors (Lipinski definition) is 0. The van der Waals surface area contributed by atoms with Crippen molar-refractivity contribution in [2.24, 2.45) is 0 Å². The molecule has 0 amide bonds. The van der Waals surface area contributed by atoms with Gasteiger partial charge in [0.1, 0.15) is 5.76 Å². The van der Waals surface area contributed by atoms with Gasteiger partial charge in [0.05, 0.1) is 5.69 Å². The van der Waals surface area contributed by atoms with Crippen molar-refractivity contribution in [2.75, 3.05) is 0 Å². The Bertz CT molecular complexity index is 688. The molecule has 0 fully saturated rings. The van der Waals surface area contributed by atoms with Gasteiger partial charge in [-0.1, -0.05) is 0 Å². The molecule has 0 saturated heterocycles. The lowest BCUT2D eigenvalue weighted by Crippen LogP contribution is -2.25. The summed E-state index contributed by atoms with van der Waals surface area (Å²) < 4.78 is 99.4. The highest BCUT2D eigenvalue weighted by molar-refractivity contribution is 7.87. The molecule has 1 aromatic rings. The molecule has 1 aliphatic carbocycles. The summed E-state index contributed by atoms with van der Waals surface area (Å²) in [5.74, 6) is -1.17. The van der Waals surface area contributed by atoms with Gasteiger partial charge in [-0.25, -0.2) is 4.98 Å². The van der Waals surface area contributed by atoms with E-state index in [2.05, 4.69) is 9.17 Å². The Kier molecular flexibility index (Phi) is 4.19. The summed E-state index contributed by atoms with van der Waals surface area (Å²) in [6.07, 6.45) is -3.59. The number of alkyl halides is 6. The quantitative estimate of drug-likeness (QED) is 0.463. The summed E-state index contributed by atoms with van der Waals surface area (Å²) in [6.45, 7) is 0. The number of hydrogen-bond acceptors (Lipinski definition) is 5. The monoisotopic (exact) mass is 367 g/mol. The fourth-order valence-electron chi connectivity index (χ4n) is 1.77. The van der Waals surface area contributed by atoms with Crippen LogP contribution in [0.5, 0.6) is 0 Å². The van der Waals surface area contributed by atoms with Crippen LogP contribution in [0.25, 0.3) is 0 Å². The van der Waals surface area contributed by atoms with Crippen molar-refractivity contribution >= 4 is 21.5 Å². The second-order valence-electron chi connectivity index (χ2n) is 4.34. The first-order valence-corrected chi connectivity index (χ1v) is 7.93. The van der Waals surface area contributed by atoms with Crippen LogP contribution in [0.3, 0.4) is 0 Å². The van der Waals surface area contributed by atoms with E-state index in [1.807, 2.05) is 0 Å². The number of aromatic nitrogens is 1. The lowest BCUT2D eigenvalue weighted by atomic mass is 10.1. The van der Waals surface area contributed by atoms with E-state index in [1.165, 1.54) is 0 Å². The molecule has 2 rings (SSSR count). The third-order valence-electron chi connectivity index (χ3n) is 2.73. The van der Waals surface area contributed by atoms with Gasteiger partial charge >= 0.3 is 21.8 Å². The largest absolute Gasteiger partial charge is 0.534 e. The summed E-state index contributed by atoms with van der Waals surface area (Å²) in [5, 5.41) is 0.0544. The van der Waals surface area contributed by atoms with Crippen molar-refractivity contribution in [2.45, 2.75) is 30.4 Å². The van der Waals surface area contributed by atoms with Gasteiger partial charge in [0, 0.05) is 17.7 Å². The molecular formula is C10H7F6NO3S2. The number of rotatable bonds is 3. The minimum absolute atomic E-state index is 0.0142. The molecule has 0 bridgehead atoms. The zero-order valence-corrected chi connectivity index (χ0v) is 12.0. The normalized spacial score (nSPS) is 20.1. The smallest absolute Gasteiger partial charge is 0.381 e. The molecule has 0 saturated carbocycles. The van der Waals surface area contributed by atoms with E-state index in [0.29, 0.717) is 11.3 Å². The summed E-state index contributed by atoms with van der Waals surface area (Å²) in [4.78, 5) is 3.36. The fourth-order valence-corrected chi connectivity index (χ4v) is 3.03.